The Bertz CT molecular complexity index is 964. The quantitative estimate of drug-likeness (QED) is 0.453. The molecule has 0 aliphatic rings. The second-order valence-electron chi connectivity index (χ2n) is 5.72. The van der Waals surface area contributed by atoms with Crippen molar-refractivity contribution >= 4 is 33.0 Å². The number of Topliss-reactive ketones (excluding diaryl/α,β-unsaturated/α-hetero) is 1. The molecule has 0 spiro atoms. The smallest absolute Gasteiger partial charge is 0.175 e. The molecule has 0 saturated heterocycles. The van der Waals surface area contributed by atoms with E-state index in [4.69, 9.17) is 5.26 Å². The van der Waals surface area contributed by atoms with Gasteiger partial charge in [0, 0.05) is 34.4 Å². The highest BCUT2D eigenvalue weighted by Crippen LogP contribution is 2.25. The number of rotatable bonds is 5. The second-order valence-corrected chi connectivity index (χ2v) is 7.34. The Hall–Kier alpha value is -2.23. The van der Waals surface area contributed by atoms with Crippen LogP contribution in [0.3, 0.4) is 0 Å². The maximum atomic E-state index is 12.3. The minimum atomic E-state index is 0.0561. The first kappa shape index (κ1) is 17.6. The summed E-state index contributed by atoms with van der Waals surface area (Å²) < 4.78 is 2.08. The van der Waals surface area contributed by atoms with Gasteiger partial charge >= 0.3 is 0 Å². The number of thiazole rings is 1. The Labute approximate surface area is 158 Å². The maximum Gasteiger partial charge on any atom is 0.175 e. The molecule has 0 saturated carbocycles. The van der Waals surface area contributed by atoms with Crippen molar-refractivity contribution in [3.05, 3.63) is 68.9 Å². The fraction of sp³-hybridized carbons (Fsp3) is 0.211. The maximum absolute atomic E-state index is 12.3. The standard InChI is InChI=1S/C19H16BrN3OS/c1-12-18(19(24)9-20)8-17(7-15-11-25-13(2)22-15)23(12)16-5-3-14(10-21)4-6-16/h3-6,8,11H,7,9H2,1-2H3. The van der Waals surface area contributed by atoms with E-state index in [1.165, 1.54) is 0 Å². The third-order valence-electron chi connectivity index (χ3n) is 4.03. The van der Waals surface area contributed by atoms with Gasteiger partial charge in [0.2, 0.25) is 0 Å². The van der Waals surface area contributed by atoms with Gasteiger partial charge in [-0.2, -0.15) is 5.26 Å². The summed E-state index contributed by atoms with van der Waals surface area (Å²) in [5.41, 5.74) is 5.16. The minimum Gasteiger partial charge on any atom is -0.317 e. The lowest BCUT2D eigenvalue weighted by molar-refractivity contribution is 0.102. The first-order valence-corrected chi connectivity index (χ1v) is 9.75. The summed E-state index contributed by atoms with van der Waals surface area (Å²) in [6.45, 7) is 3.93. The normalized spacial score (nSPS) is 10.6. The van der Waals surface area contributed by atoms with Crippen LogP contribution in [-0.4, -0.2) is 20.7 Å². The predicted molar refractivity (Wildman–Crippen MR) is 103 cm³/mol. The number of hydrogen-bond acceptors (Lipinski definition) is 4. The Morgan fingerprint density at radius 3 is 2.60 bits per heavy atom. The number of ketones is 1. The van der Waals surface area contributed by atoms with Gasteiger partial charge in [0.15, 0.2) is 5.78 Å². The van der Waals surface area contributed by atoms with Crippen LogP contribution in [0.5, 0.6) is 0 Å². The molecular weight excluding hydrogens is 398 g/mol. The van der Waals surface area contributed by atoms with Crippen molar-refractivity contribution in [1.29, 1.82) is 5.26 Å². The van der Waals surface area contributed by atoms with Crippen LogP contribution in [0.15, 0.2) is 35.7 Å². The minimum absolute atomic E-state index is 0.0561. The van der Waals surface area contributed by atoms with Gasteiger partial charge in [0.1, 0.15) is 0 Å². The molecule has 4 nitrogen and oxygen atoms in total. The number of carbonyl (C=O) groups excluding carboxylic acids is 1. The van der Waals surface area contributed by atoms with E-state index in [0.29, 0.717) is 22.9 Å². The first-order chi connectivity index (χ1) is 12.0. The van der Waals surface area contributed by atoms with Gasteiger partial charge in [0.05, 0.1) is 27.7 Å². The third kappa shape index (κ3) is 3.58. The summed E-state index contributed by atoms with van der Waals surface area (Å²) in [5.74, 6) is 0.0561. The predicted octanol–water partition coefficient (Wildman–Crippen LogP) is 4.59. The van der Waals surface area contributed by atoms with Crippen molar-refractivity contribution < 1.29 is 4.79 Å². The molecule has 126 valence electrons. The van der Waals surface area contributed by atoms with Crippen molar-refractivity contribution in [3.8, 4) is 11.8 Å². The first-order valence-electron chi connectivity index (χ1n) is 7.75. The number of nitriles is 1. The monoisotopic (exact) mass is 413 g/mol. The van der Waals surface area contributed by atoms with Gasteiger partial charge in [-0.25, -0.2) is 4.98 Å². The molecule has 3 aromatic rings. The lowest BCUT2D eigenvalue weighted by Gasteiger charge is -2.11. The van der Waals surface area contributed by atoms with Crippen LogP contribution < -0.4 is 0 Å². The highest BCUT2D eigenvalue weighted by molar-refractivity contribution is 9.09. The molecular formula is C19H16BrN3OS. The molecule has 1 aromatic carbocycles. The van der Waals surface area contributed by atoms with Gasteiger partial charge in [0.25, 0.3) is 0 Å². The molecule has 6 heteroatoms. The van der Waals surface area contributed by atoms with E-state index in [1.54, 1.807) is 23.5 Å². The van der Waals surface area contributed by atoms with Crippen LogP contribution in [0.4, 0.5) is 0 Å². The molecule has 0 radical (unpaired) electrons. The molecule has 0 N–H and O–H groups in total. The molecule has 0 aliphatic heterocycles. The van der Waals surface area contributed by atoms with Gasteiger partial charge in [-0.3, -0.25) is 4.79 Å². The van der Waals surface area contributed by atoms with E-state index < -0.39 is 0 Å². The SMILES string of the molecule is Cc1nc(Cc2cc(C(=O)CBr)c(C)n2-c2ccc(C#N)cc2)cs1. The molecule has 0 unspecified atom stereocenters. The summed E-state index contributed by atoms with van der Waals surface area (Å²) in [4.78, 5) is 16.8. The highest BCUT2D eigenvalue weighted by Gasteiger charge is 2.18. The van der Waals surface area contributed by atoms with Crippen molar-refractivity contribution in [3.63, 3.8) is 0 Å². The number of hydrogen-bond donors (Lipinski definition) is 0. The van der Waals surface area contributed by atoms with Crippen LogP contribution in [0, 0.1) is 25.2 Å². The molecule has 0 fully saturated rings. The number of aromatic nitrogens is 2. The van der Waals surface area contributed by atoms with Crippen molar-refractivity contribution in [1.82, 2.24) is 9.55 Å². The Morgan fingerprint density at radius 2 is 2.04 bits per heavy atom. The third-order valence-corrected chi connectivity index (χ3v) is 5.36. The van der Waals surface area contributed by atoms with Gasteiger partial charge < -0.3 is 4.57 Å². The van der Waals surface area contributed by atoms with Gasteiger partial charge in [-0.15, -0.1) is 11.3 Å². The average molecular weight is 414 g/mol. The molecule has 2 heterocycles. The fourth-order valence-electron chi connectivity index (χ4n) is 2.88. The Morgan fingerprint density at radius 1 is 1.32 bits per heavy atom. The topological polar surface area (TPSA) is 58.7 Å². The number of aryl methyl sites for hydroxylation is 1. The summed E-state index contributed by atoms with van der Waals surface area (Å²) in [7, 11) is 0. The number of nitrogens with zero attached hydrogens (tertiary/aromatic N) is 3. The number of alkyl halides is 1. The summed E-state index contributed by atoms with van der Waals surface area (Å²) in [5, 5.41) is 12.4. The van der Waals surface area contributed by atoms with E-state index in [2.05, 4.69) is 31.6 Å². The summed E-state index contributed by atoms with van der Waals surface area (Å²) in [6, 6.07) is 11.5. The molecule has 2 aromatic heterocycles. The van der Waals surface area contributed by atoms with Crippen molar-refractivity contribution in [2.75, 3.05) is 5.33 Å². The van der Waals surface area contributed by atoms with Crippen LogP contribution in [0.2, 0.25) is 0 Å². The van der Waals surface area contributed by atoms with E-state index >= 15 is 0 Å². The van der Waals surface area contributed by atoms with Crippen LogP contribution >= 0.6 is 27.3 Å². The molecule has 3 rings (SSSR count). The Balaban J connectivity index is 2.11. The lowest BCUT2D eigenvalue weighted by atomic mass is 10.1. The molecule has 0 atom stereocenters. The second kappa shape index (κ2) is 7.34. The number of carbonyl (C=O) groups is 1. The van der Waals surface area contributed by atoms with Crippen molar-refractivity contribution in [2.45, 2.75) is 20.3 Å². The number of benzene rings is 1. The molecule has 0 bridgehead atoms. The van der Waals surface area contributed by atoms with E-state index in [1.807, 2.05) is 37.4 Å². The lowest BCUT2D eigenvalue weighted by Crippen LogP contribution is -2.05. The van der Waals surface area contributed by atoms with Crippen molar-refractivity contribution in [2.24, 2.45) is 0 Å². The zero-order chi connectivity index (χ0) is 18.0. The van der Waals surface area contributed by atoms with Crippen LogP contribution in [0.25, 0.3) is 5.69 Å². The zero-order valence-corrected chi connectivity index (χ0v) is 16.3. The molecule has 25 heavy (non-hydrogen) atoms. The van der Waals surface area contributed by atoms with Gasteiger partial charge in [-0.1, -0.05) is 15.9 Å². The van der Waals surface area contributed by atoms with E-state index in [9.17, 15) is 4.79 Å². The number of halogens is 1. The summed E-state index contributed by atoms with van der Waals surface area (Å²) >= 11 is 4.88. The van der Waals surface area contributed by atoms with E-state index in [-0.39, 0.29) is 5.78 Å². The fourth-order valence-corrected chi connectivity index (χ4v) is 3.79. The zero-order valence-electron chi connectivity index (χ0n) is 13.9. The summed E-state index contributed by atoms with van der Waals surface area (Å²) in [6.07, 6.45) is 0.654. The van der Waals surface area contributed by atoms with Gasteiger partial charge in [-0.05, 0) is 44.2 Å². The Kier molecular flexibility index (Phi) is 5.16. The van der Waals surface area contributed by atoms with Crippen LogP contribution in [0.1, 0.15) is 38.0 Å². The largest absolute Gasteiger partial charge is 0.317 e. The average Bonchev–Trinajstić information content (AvgIpc) is 3.17. The van der Waals surface area contributed by atoms with E-state index in [0.717, 1.165) is 27.8 Å². The molecule has 0 aliphatic carbocycles. The highest BCUT2D eigenvalue weighted by atomic mass is 79.9. The van der Waals surface area contributed by atoms with Crippen LogP contribution in [-0.2, 0) is 6.42 Å². The molecule has 0 amide bonds.